The number of hydrogen-bond donors (Lipinski definition) is 1. The summed E-state index contributed by atoms with van der Waals surface area (Å²) >= 11 is 0. The number of nitrogens with one attached hydrogen (secondary N) is 1. The molecule has 0 spiro atoms. The summed E-state index contributed by atoms with van der Waals surface area (Å²) in [7, 11) is 0. The fourth-order valence-electron chi connectivity index (χ4n) is 4.17. The molecule has 39 heavy (non-hydrogen) atoms. The summed E-state index contributed by atoms with van der Waals surface area (Å²) in [4.78, 5) is 22.0. The van der Waals surface area contributed by atoms with Crippen LogP contribution in [0.1, 0.15) is 46.9 Å². The van der Waals surface area contributed by atoms with Crippen LogP contribution in [-0.2, 0) is 17.6 Å². The first-order valence-electron chi connectivity index (χ1n) is 13.4. The fraction of sp³-hybridized carbons (Fsp3) is 0.242. The van der Waals surface area contributed by atoms with Gasteiger partial charge in [0.1, 0.15) is 11.6 Å². The molecule has 200 valence electrons. The quantitative estimate of drug-likeness (QED) is 0.112. The number of carbonyl (C=O) groups is 1. The summed E-state index contributed by atoms with van der Waals surface area (Å²) in [5.41, 5.74) is 5.43. The van der Waals surface area contributed by atoms with E-state index in [1.807, 2.05) is 67.6 Å². The van der Waals surface area contributed by atoms with E-state index in [0.717, 1.165) is 46.9 Å². The van der Waals surface area contributed by atoms with E-state index in [2.05, 4.69) is 31.0 Å². The zero-order chi connectivity index (χ0) is 27.5. The van der Waals surface area contributed by atoms with Gasteiger partial charge in [0.25, 0.3) is 0 Å². The molecule has 0 fully saturated rings. The van der Waals surface area contributed by atoms with Crippen molar-refractivity contribution in [2.45, 2.75) is 39.5 Å². The highest BCUT2D eigenvalue weighted by atomic mass is 16.5. The SMILES string of the molecule is C=CCc1c(C)nc(-c2ccccc2)nc1Nc1ccc(C(=O)OCCCOc2ccc(CCC)cc2)cc1. The lowest BCUT2D eigenvalue weighted by Gasteiger charge is -2.14. The van der Waals surface area contributed by atoms with Crippen molar-refractivity contribution < 1.29 is 14.3 Å². The molecule has 0 saturated carbocycles. The van der Waals surface area contributed by atoms with E-state index in [1.54, 1.807) is 12.1 Å². The van der Waals surface area contributed by atoms with Crippen LogP contribution in [-0.4, -0.2) is 29.2 Å². The lowest BCUT2D eigenvalue weighted by atomic mass is 10.1. The number of rotatable bonds is 13. The third-order valence-corrected chi connectivity index (χ3v) is 6.23. The van der Waals surface area contributed by atoms with Crippen LogP contribution in [0.4, 0.5) is 11.5 Å². The van der Waals surface area contributed by atoms with Crippen molar-refractivity contribution in [3.63, 3.8) is 0 Å². The van der Waals surface area contributed by atoms with Crippen LogP contribution in [0.3, 0.4) is 0 Å². The molecule has 0 atom stereocenters. The number of nitrogens with zero attached hydrogens (tertiary/aromatic N) is 2. The van der Waals surface area contributed by atoms with E-state index >= 15 is 0 Å². The van der Waals surface area contributed by atoms with Crippen molar-refractivity contribution in [1.82, 2.24) is 9.97 Å². The molecule has 4 rings (SSSR count). The third-order valence-electron chi connectivity index (χ3n) is 6.23. The Labute approximate surface area is 230 Å². The minimum Gasteiger partial charge on any atom is -0.493 e. The minimum atomic E-state index is -0.359. The summed E-state index contributed by atoms with van der Waals surface area (Å²) in [6.45, 7) is 8.80. The molecule has 0 unspecified atom stereocenters. The highest BCUT2D eigenvalue weighted by molar-refractivity contribution is 5.90. The average Bonchev–Trinajstić information content (AvgIpc) is 2.96. The number of carbonyl (C=O) groups excluding carboxylic acids is 1. The van der Waals surface area contributed by atoms with Crippen molar-refractivity contribution in [2.24, 2.45) is 0 Å². The van der Waals surface area contributed by atoms with Crippen LogP contribution < -0.4 is 10.1 Å². The second-order valence-electron chi connectivity index (χ2n) is 9.25. The topological polar surface area (TPSA) is 73.3 Å². The number of benzene rings is 3. The molecule has 0 bridgehead atoms. The number of allylic oxidation sites excluding steroid dienone is 1. The van der Waals surface area contributed by atoms with Crippen LogP contribution in [0.25, 0.3) is 11.4 Å². The Hall–Kier alpha value is -4.45. The monoisotopic (exact) mass is 521 g/mol. The molecule has 0 radical (unpaired) electrons. The predicted octanol–water partition coefficient (Wildman–Crippen LogP) is 7.50. The maximum atomic E-state index is 12.5. The number of ether oxygens (including phenoxy) is 2. The van der Waals surface area contributed by atoms with E-state index < -0.39 is 0 Å². The van der Waals surface area contributed by atoms with Crippen molar-refractivity contribution in [2.75, 3.05) is 18.5 Å². The first-order chi connectivity index (χ1) is 19.1. The van der Waals surface area contributed by atoms with Gasteiger partial charge in [-0.25, -0.2) is 14.8 Å². The van der Waals surface area contributed by atoms with Crippen LogP contribution in [0.2, 0.25) is 0 Å². The van der Waals surface area contributed by atoms with Crippen LogP contribution in [0, 0.1) is 6.92 Å². The molecule has 6 heteroatoms. The van der Waals surface area contributed by atoms with Gasteiger partial charge < -0.3 is 14.8 Å². The first-order valence-corrected chi connectivity index (χ1v) is 13.4. The van der Waals surface area contributed by atoms with E-state index in [0.29, 0.717) is 37.4 Å². The Bertz CT molecular complexity index is 1370. The van der Waals surface area contributed by atoms with Crippen LogP contribution in [0.5, 0.6) is 5.75 Å². The molecule has 1 heterocycles. The molecule has 3 aromatic carbocycles. The normalized spacial score (nSPS) is 10.6. The average molecular weight is 522 g/mol. The summed E-state index contributed by atoms with van der Waals surface area (Å²) < 4.78 is 11.2. The largest absolute Gasteiger partial charge is 0.493 e. The Morgan fingerprint density at radius 1 is 0.949 bits per heavy atom. The lowest BCUT2D eigenvalue weighted by Crippen LogP contribution is -2.09. The first kappa shape index (κ1) is 27.6. The zero-order valence-corrected chi connectivity index (χ0v) is 22.7. The molecular weight excluding hydrogens is 486 g/mol. The van der Waals surface area contributed by atoms with Gasteiger partial charge in [0, 0.05) is 28.9 Å². The van der Waals surface area contributed by atoms with E-state index in [4.69, 9.17) is 19.4 Å². The highest BCUT2D eigenvalue weighted by Gasteiger charge is 2.13. The van der Waals surface area contributed by atoms with E-state index in [9.17, 15) is 4.79 Å². The van der Waals surface area contributed by atoms with E-state index in [1.165, 1.54) is 5.56 Å². The van der Waals surface area contributed by atoms with Gasteiger partial charge in [0.05, 0.1) is 18.8 Å². The standard InChI is InChI=1S/C33H35N3O3/c1-4-10-25-14-20-29(21-15-25)38-22-9-23-39-33(37)27-16-18-28(19-17-27)35-32-30(11-5-2)24(3)34-31(36-32)26-12-7-6-8-13-26/h5-8,12-21H,2,4,9-11,22-23H2,1,3H3,(H,34,35,36). The molecule has 4 aromatic rings. The van der Waals surface area contributed by atoms with Gasteiger partial charge >= 0.3 is 5.97 Å². The Balaban J connectivity index is 1.32. The fourth-order valence-corrected chi connectivity index (χ4v) is 4.17. The molecule has 0 aliphatic carbocycles. The molecule has 1 N–H and O–H groups in total. The van der Waals surface area contributed by atoms with E-state index in [-0.39, 0.29) is 5.97 Å². The zero-order valence-electron chi connectivity index (χ0n) is 22.7. The van der Waals surface area contributed by atoms with Crippen molar-refractivity contribution in [3.8, 4) is 17.1 Å². The Morgan fingerprint density at radius 3 is 2.38 bits per heavy atom. The van der Waals surface area contributed by atoms with Crippen molar-refractivity contribution in [1.29, 1.82) is 0 Å². The molecule has 0 aliphatic rings. The second-order valence-corrected chi connectivity index (χ2v) is 9.25. The van der Waals surface area contributed by atoms with Crippen molar-refractivity contribution >= 4 is 17.5 Å². The van der Waals surface area contributed by atoms with Gasteiger partial charge in [-0.1, -0.05) is 61.9 Å². The smallest absolute Gasteiger partial charge is 0.338 e. The molecular formula is C33H35N3O3. The van der Waals surface area contributed by atoms with Gasteiger partial charge in [-0.15, -0.1) is 6.58 Å². The number of aryl methyl sites for hydroxylation is 2. The van der Waals surface area contributed by atoms with Gasteiger partial charge in [-0.2, -0.15) is 0 Å². The summed E-state index contributed by atoms with van der Waals surface area (Å²) in [5, 5.41) is 3.39. The predicted molar refractivity (Wildman–Crippen MR) is 157 cm³/mol. The van der Waals surface area contributed by atoms with Crippen LogP contribution in [0.15, 0.2) is 91.5 Å². The summed E-state index contributed by atoms with van der Waals surface area (Å²) in [6.07, 6.45) is 5.29. The molecule has 1 aromatic heterocycles. The molecule has 0 amide bonds. The highest BCUT2D eigenvalue weighted by Crippen LogP contribution is 2.26. The van der Waals surface area contributed by atoms with Crippen molar-refractivity contribution in [3.05, 3.63) is 114 Å². The maximum Gasteiger partial charge on any atom is 0.338 e. The van der Waals surface area contributed by atoms with Gasteiger partial charge in [0.2, 0.25) is 0 Å². The Morgan fingerprint density at radius 2 is 1.69 bits per heavy atom. The Kier molecular flexibility index (Phi) is 9.84. The summed E-state index contributed by atoms with van der Waals surface area (Å²) in [5.74, 6) is 1.84. The van der Waals surface area contributed by atoms with Crippen LogP contribution >= 0.6 is 0 Å². The summed E-state index contributed by atoms with van der Waals surface area (Å²) in [6, 6.07) is 25.2. The molecule has 0 saturated heterocycles. The molecule has 0 aliphatic heterocycles. The number of aromatic nitrogens is 2. The van der Waals surface area contributed by atoms with Gasteiger partial charge in [0.15, 0.2) is 5.82 Å². The number of anilines is 2. The maximum absolute atomic E-state index is 12.5. The second kappa shape index (κ2) is 13.9. The number of hydrogen-bond acceptors (Lipinski definition) is 6. The van der Waals surface area contributed by atoms with Gasteiger partial charge in [-0.3, -0.25) is 0 Å². The molecule has 6 nitrogen and oxygen atoms in total. The van der Waals surface area contributed by atoms with Gasteiger partial charge in [-0.05, 0) is 61.7 Å². The number of esters is 1. The third kappa shape index (κ3) is 7.77. The minimum absolute atomic E-state index is 0.292. The lowest BCUT2D eigenvalue weighted by molar-refractivity contribution is 0.0486.